The summed E-state index contributed by atoms with van der Waals surface area (Å²) in [6, 6.07) is 0. The fourth-order valence-electron chi connectivity index (χ4n) is 4.77. The summed E-state index contributed by atoms with van der Waals surface area (Å²) in [6.07, 6.45) is 7.74. The van der Waals surface area contributed by atoms with E-state index in [-0.39, 0.29) is 29.8 Å². The third-order valence-electron chi connectivity index (χ3n) is 6.38. The van der Waals surface area contributed by atoms with Crippen molar-refractivity contribution in [2.45, 2.75) is 77.9 Å². The summed E-state index contributed by atoms with van der Waals surface area (Å²) in [4.78, 5) is 25.6. The molecule has 3 fully saturated rings. The highest BCUT2D eigenvalue weighted by molar-refractivity contribution is 6.04. The topological polar surface area (TPSA) is 46.6 Å². The normalized spacial score (nSPS) is 38.8. The molecule has 1 heterocycles. The lowest BCUT2D eigenvalue weighted by Gasteiger charge is -2.39. The SMILES string of the molecule is CN1C(=O)C2CCC(OC3CCC(C(C)(C)C)CC3)CC2C1=O. The predicted octanol–water partition coefficient (Wildman–Crippen LogP) is 3.39. The zero-order valence-electron chi connectivity index (χ0n) is 15.0. The van der Waals surface area contributed by atoms with Crippen molar-refractivity contribution in [3.05, 3.63) is 0 Å². The van der Waals surface area contributed by atoms with E-state index in [1.165, 1.54) is 17.7 Å². The molecule has 2 amide bonds. The van der Waals surface area contributed by atoms with Gasteiger partial charge in [0.25, 0.3) is 0 Å². The number of carbonyl (C=O) groups is 2. The van der Waals surface area contributed by atoms with Gasteiger partial charge in [0.15, 0.2) is 0 Å². The first-order chi connectivity index (χ1) is 10.8. The van der Waals surface area contributed by atoms with Gasteiger partial charge in [0.05, 0.1) is 24.0 Å². The van der Waals surface area contributed by atoms with Gasteiger partial charge in [-0.3, -0.25) is 14.5 Å². The molecule has 3 rings (SSSR count). The monoisotopic (exact) mass is 321 g/mol. The van der Waals surface area contributed by atoms with Crippen LogP contribution in [0.25, 0.3) is 0 Å². The minimum atomic E-state index is -0.128. The number of rotatable bonds is 2. The molecule has 130 valence electrons. The summed E-state index contributed by atoms with van der Waals surface area (Å²) in [7, 11) is 1.62. The molecule has 4 heteroatoms. The van der Waals surface area contributed by atoms with E-state index in [0.717, 1.165) is 38.0 Å². The molecular weight excluding hydrogens is 290 g/mol. The number of hydrogen-bond acceptors (Lipinski definition) is 3. The molecule has 23 heavy (non-hydrogen) atoms. The van der Waals surface area contributed by atoms with E-state index < -0.39 is 0 Å². The molecule has 3 atom stereocenters. The second-order valence-corrected chi connectivity index (χ2v) is 8.86. The van der Waals surface area contributed by atoms with E-state index in [2.05, 4.69) is 20.8 Å². The molecule has 3 unspecified atom stereocenters. The highest BCUT2D eigenvalue weighted by Crippen LogP contribution is 2.42. The zero-order valence-corrected chi connectivity index (χ0v) is 15.0. The lowest BCUT2D eigenvalue weighted by molar-refractivity contribution is -0.138. The van der Waals surface area contributed by atoms with Crippen LogP contribution >= 0.6 is 0 Å². The van der Waals surface area contributed by atoms with Crippen LogP contribution < -0.4 is 0 Å². The van der Waals surface area contributed by atoms with Gasteiger partial charge >= 0.3 is 0 Å². The number of imide groups is 1. The van der Waals surface area contributed by atoms with Crippen LogP contribution in [0.5, 0.6) is 0 Å². The van der Waals surface area contributed by atoms with Crippen LogP contribution in [0.15, 0.2) is 0 Å². The van der Waals surface area contributed by atoms with Crippen molar-refractivity contribution < 1.29 is 14.3 Å². The van der Waals surface area contributed by atoms with E-state index >= 15 is 0 Å². The zero-order chi connectivity index (χ0) is 16.8. The Labute approximate surface area is 139 Å². The summed E-state index contributed by atoms with van der Waals surface area (Å²) in [6.45, 7) is 7.00. The molecule has 0 spiro atoms. The Balaban J connectivity index is 1.51. The van der Waals surface area contributed by atoms with Crippen molar-refractivity contribution in [1.82, 2.24) is 4.90 Å². The Kier molecular flexibility index (Phi) is 4.56. The maximum Gasteiger partial charge on any atom is 0.232 e. The maximum absolute atomic E-state index is 12.2. The van der Waals surface area contributed by atoms with Gasteiger partial charge in [0, 0.05) is 7.05 Å². The van der Waals surface area contributed by atoms with Gasteiger partial charge in [-0.2, -0.15) is 0 Å². The number of amides is 2. The number of hydrogen-bond donors (Lipinski definition) is 0. The fraction of sp³-hybridized carbons (Fsp3) is 0.895. The van der Waals surface area contributed by atoms with Crippen LogP contribution in [-0.4, -0.2) is 36.0 Å². The first kappa shape index (κ1) is 16.9. The Morgan fingerprint density at radius 1 is 0.870 bits per heavy atom. The Morgan fingerprint density at radius 3 is 2.04 bits per heavy atom. The van der Waals surface area contributed by atoms with E-state index in [9.17, 15) is 9.59 Å². The number of carbonyl (C=O) groups excluding carboxylic acids is 2. The fourth-order valence-corrected chi connectivity index (χ4v) is 4.77. The van der Waals surface area contributed by atoms with E-state index in [1.807, 2.05) is 0 Å². The Bertz CT molecular complexity index is 473. The molecule has 1 saturated heterocycles. The molecule has 1 aliphatic heterocycles. The molecule has 0 aromatic heterocycles. The van der Waals surface area contributed by atoms with Gasteiger partial charge in [-0.05, 0) is 56.3 Å². The van der Waals surface area contributed by atoms with Crippen molar-refractivity contribution in [2.75, 3.05) is 7.05 Å². The van der Waals surface area contributed by atoms with Crippen LogP contribution in [0.1, 0.15) is 65.7 Å². The van der Waals surface area contributed by atoms with Gasteiger partial charge in [-0.15, -0.1) is 0 Å². The summed E-state index contributed by atoms with van der Waals surface area (Å²) < 4.78 is 6.34. The summed E-state index contributed by atoms with van der Waals surface area (Å²) in [5, 5.41) is 0. The van der Waals surface area contributed by atoms with Gasteiger partial charge in [0.1, 0.15) is 0 Å². The third-order valence-corrected chi connectivity index (χ3v) is 6.38. The van der Waals surface area contributed by atoms with Crippen molar-refractivity contribution >= 4 is 11.8 Å². The van der Waals surface area contributed by atoms with Crippen LogP contribution in [0.3, 0.4) is 0 Å². The maximum atomic E-state index is 12.2. The lowest BCUT2D eigenvalue weighted by atomic mass is 9.72. The number of likely N-dealkylation sites (tertiary alicyclic amines) is 1. The molecule has 3 aliphatic rings. The minimum absolute atomic E-state index is 0.00439. The Hall–Kier alpha value is -0.900. The summed E-state index contributed by atoms with van der Waals surface area (Å²) in [5.74, 6) is 0.607. The largest absolute Gasteiger partial charge is 0.375 e. The molecule has 2 aliphatic carbocycles. The summed E-state index contributed by atoms with van der Waals surface area (Å²) >= 11 is 0. The first-order valence-corrected chi connectivity index (χ1v) is 9.24. The van der Waals surface area contributed by atoms with Gasteiger partial charge in [-0.25, -0.2) is 0 Å². The van der Waals surface area contributed by atoms with E-state index in [4.69, 9.17) is 4.74 Å². The first-order valence-electron chi connectivity index (χ1n) is 9.24. The molecule has 0 aromatic rings. The number of fused-ring (bicyclic) bond motifs is 1. The smallest absolute Gasteiger partial charge is 0.232 e. The van der Waals surface area contributed by atoms with Crippen LogP contribution in [-0.2, 0) is 14.3 Å². The number of ether oxygens (including phenoxy) is 1. The third kappa shape index (κ3) is 3.33. The molecular formula is C19H31NO3. The molecule has 0 aromatic carbocycles. The lowest BCUT2D eigenvalue weighted by Crippen LogP contribution is -2.36. The van der Waals surface area contributed by atoms with Crippen molar-refractivity contribution in [3.63, 3.8) is 0 Å². The molecule has 4 nitrogen and oxygen atoms in total. The second kappa shape index (κ2) is 6.19. The van der Waals surface area contributed by atoms with Crippen LogP contribution in [0.2, 0.25) is 0 Å². The van der Waals surface area contributed by atoms with Gasteiger partial charge in [-0.1, -0.05) is 20.8 Å². The van der Waals surface area contributed by atoms with Gasteiger partial charge < -0.3 is 4.74 Å². The van der Waals surface area contributed by atoms with Crippen molar-refractivity contribution in [3.8, 4) is 0 Å². The molecule has 0 radical (unpaired) electrons. The molecule has 2 saturated carbocycles. The predicted molar refractivity (Wildman–Crippen MR) is 88.7 cm³/mol. The van der Waals surface area contributed by atoms with E-state index in [0.29, 0.717) is 11.5 Å². The van der Waals surface area contributed by atoms with Crippen molar-refractivity contribution in [1.29, 1.82) is 0 Å². The Morgan fingerprint density at radius 2 is 1.43 bits per heavy atom. The molecule has 0 bridgehead atoms. The van der Waals surface area contributed by atoms with Crippen LogP contribution in [0, 0.1) is 23.2 Å². The van der Waals surface area contributed by atoms with Gasteiger partial charge in [0.2, 0.25) is 11.8 Å². The highest BCUT2D eigenvalue weighted by Gasteiger charge is 2.49. The standard InChI is InChI=1S/C19H31NO3/c1-19(2,3)12-5-7-13(8-6-12)23-14-9-10-15-16(11-14)18(22)20(4)17(15)21/h12-16H,5-11H2,1-4H3. The number of nitrogens with zero attached hydrogens (tertiary/aromatic N) is 1. The minimum Gasteiger partial charge on any atom is -0.375 e. The second-order valence-electron chi connectivity index (χ2n) is 8.86. The molecule has 0 N–H and O–H groups in total. The van der Waals surface area contributed by atoms with Crippen LogP contribution in [0.4, 0.5) is 0 Å². The average Bonchev–Trinajstić information content (AvgIpc) is 2.72. The average molecular weight is 321 g/mol. The van der Waals surface area contributed by atoms with E-state index in [1.54, 1.807) is 7.05 Å². The quantitative estimate of drug-likeness (QED) is 0.732. The summed E-state index contributed by atoms with van der Waals surface area (Å²) in [5.41, 5.74) is 0.393. The highest BCUT2D eigenvalue weighted by atomic mass is 16.5. The van der Waals surface area contributed by atoms with Crippen molar-refractivity contribution in [2.24, 2.45) is 23.2 Å².